The van der Waals surface area contributed by atoms with Crippen LogP contribution in [0.15, 0.2) is 29.8 Å². The second-order valence-electron chi connectivity index (χ2n) is 16.8. The molecule has 0 bridgehead atoms. The fourth-order valence-electron chi connectivity index (χ4n) is 7.63. The average Bonchev–Trinajstić information content (AvgIpc) is 3.58. The minimum absolute atomic E-state index is 0.0199. The van der Waals surface area contributed by atoms with E-state index in [1.54, 1.807) is 0 Å². The van der Waals surface area contributed by atoms with E-state index in [4.69, 9.17) is 18.9 Å². The lowest BCUT2D eigenvalue weighted by Crippen LogP contribution is -2.34. The zero-order valence-corrected chi connectivity index (χ0v) is 37.2. The minimum Gasteiger partial charge on any atom is -0.466 e. The maximum atomic E-state index is 12.4. The maximum Gasteiger partial charge on any atom is 0.306 e. The first-order valence-electron chi connectivity index (χ1n) is 23.4. The van der Waals surface area contributed by atoms with Gasteiger partial charge in [-0.1, -0.05) is 161 Å². The highest BCUT2D eigenvalue weighted by Gasteiger charge is 2.40. The normalized spacial score (nSPS) is 17.6. The first-order chi connectivity index (χ1) is 27.3. The minimum atomic E-state index is -0.410. The highest BCUT2D eigenvalue weighted by Crippen LogP contribution is 2.35. The van der Waals surface area contributed by atoms with Crippen LogP contribution in [0.5, 0.6) is 0 Å². The molecule has 4 atom stereocenters. The van der Waals surface area contributed by atoms with E-state index in [-0.39, 0.29) is 24.0 Å². The Bertz CT molecular complexity index is 1090. The monoisotopic (exact) mass is 786 g/mol. The van der Waals surface area contributed by atoms with Crippen molar-refractivity contribution in [1.29, 1.82) is 0 Å². The molecule has 7 heteroatoms. The van der Waals surface area contributed by atoms with Crippen LogP contribution in [0.4, 0.5) is 0 Å². The molecule has 56 heavy (non-hydrogen) atoms. The zero-order chi connectivity index (χ0) is 41.0. The van der Waals surface area contributed by atoms with Gasteiger partial charge < -0.3 is 23.8 Å². The molecular formula is C49H87NO6. The molecule has 0 aromatic carbocycles. The number of hydrogen-bond donors (Lipinski definition) is 0. The molecule has 1 fully saturated rings. The number of carbonyl (C=O) groups excluding carboxylic acids is 2. The Morgan fingerprint density at radius 3 is 1.75 bits per heavy atom. The molecule has 0 aromatic heterocycles. The molecule has 7 nitrogen and oxygen atoms in total. The van der Waals surface area contributed by atoms with E-state index in [1.165, 1.54) is 89.9 Å². The summed E-state index contributed by atoms with van der Waals surface area (Å²) in [6.45, 7) is 16.0. The molecule has 1 aliphatic heterocycles. The Labute approximate surface area is 345 Å². The number of carbonyl (C=O) groups is 2. The maximum absolute atomic E-state index is 12.4. The molecule has 324 valence electrons. The highest BCUT2D eigenvalue weighted by atomic mass is 16.7. The first kappa shape index (κ1) is 51.9. The summed E-state index contributed by atoms with van der Waals surface area (Å²) in [6.07, 6.45) is 33.1. The number of nitrogens with zero attached hydrogens (tertiary/aromatic N) is 1. The van der Waals surface area contributed by atoms with Gasteiger partial charge >= 0.3 is 11.9 Å². The van der Waals surface area contributed by atoms with Crippen molar-refractivity contribution in [3.8, 4) is 0 Å². The second-order valence-corrected chi connectivity index (χ2v) is 16.8. The van der Waals surface area contributed by atoms with Crippen molar-refractivity contribution in [2.24, 2.45) is 11.8 Å². The number of esters is 2. The van der Waals surface area contributed by atoms with E-state index in [0.29, 0.717) is 38.6 Å². The van der Waals surface area contributed by atoms with Gasteiger partial charge in [0.1, 0.15) is 0 Å². The smallest absolute Gasteiger partial charge is 0.306 e. The standard InChI is InChI=1S/C49H87NO6/c1-7-11-26-33-44(5)40-47(51)53-38-31-24-20-16-14-18-22-29-36-49(55-43-46(56-49)42-50(6)10-4)37-30-23-19-15-17-21-25-32-39-54-48(52)41-45(34-27-12-8-2)35-28-13-9-3/h34,44-46H,2,7,9-11,13-26,28-33,35-43H2,1,3-6H3. The number of ether oxygens (including phenoxy) is 4. The molecule has 0 spiro atoms. The van der Waals surface area contributed by atoms with E-state index >= 15 is 0 Å². The summed E-state index contributed by atoms with van der Waals surface area (Å²) in [5.74, 6) is 0.0331. The largest absolute Gasteiger partial charge is 0.466 e. The van der Waals surface area contributed by atoms with Gasteiger partial charge in [0.05, 0.1) is 32.3 Å². The Kier molecular flexibility index (Phi) is 33.4. The molecule has 0 saturated carbocycles. The van der Waals surface area contributed by atoms with Crippen molar-refractivity contribution in [3.63, 3.8) is 0 Å². The molecule has 0 radical (unpaired) electrons. The zero-order valence-electron chi connectivity index (χ0n) is 37.2. The average molecular weight is 786 g/mol. The Morgan fingerprint density at radius 1 is 0.732 bits per heavy atom. The number of unbranched alkanes of at least 4 members (excludes halogenated alkanes) is 18. The van der Waals surface area contributed by atoms with E-state index in [0.717, 1.165) is 90.1 Å². The van der Waals surface area contributed by atoms with Crippen LogP contribution in [0.25, 0.3) is 0 Å². The third-order valence-corrected chi connectivity index (χ3v) is 11.3. The van der Waals surface area contributed by atoms with Gasteiger partial charge in [0.15, 0.2) is 5.79 Å². The quantitative estimate of drug-likeness (QED) is 0.0350. The molecule has 0 aromatic rings. The second kappa shape index (κ2) is 36.0. The van der Waals surface area contributed by atoms with Gasteiger partial charge in [-0.05, 0) is 75.9 Å². The highest BCUT2D eigenvalue weighted by molar-refractivity contribution is 5.70. The van der Waals surface area contributed by atoms with Crippen molar-refractivity contribution in [2.45, 2.75) is 219 Å². The van der Waals surface area contributed by atoms with E-state index in [9.17, 15) is 9.59 Å². The summed E-state index contributed by atoms with van der Waals surface area (Å²) in [4.78, 5) is 26.8. The summed E-state index contributed by atoms with van der Waals surface area (Å²) in [6, 6.07) is 0. The fraction of sp³-hybridized carbons (Fsp3) is 0.857. The van der Waals surface area contributed by atoms with Gasteiger partial charge in [0.25, 0.3) is 0 Å². The van der Waals surface area contributed by atoms with Gasteiger partial charge in [-0.3, -0.25) is 9.59 Å². The van der Waals surface area contributed by atoms with E-state index < -0.39 is 5.79 Å². The van der Waals surface area contributed by atoms with Crippen molar-refractivity contribution >= 4 is 11.9 Å². The molecule has 0 amide bonds. The van der Waals surface area contributed by atoms with Crippen molar-refractivity contribution in [2.75, 3.05) is 40.0 Å². The van der Waals surface area contributed by atoms with Gasteiger partial charge in [0, 0.05) is 25.8 Å². The predicted molar refractivity (Wildman–Crippen MR) is 233 cm³/mol. The Morgan fingerprint density at radius 2 is 1.23 bits per heavy atom. The lowest BCUT2D eigenvalue weighted by atomic mass is 9.98. The molecule has 1 heterocycles. The molecule has 1 aliphatic rings. The third-order valence-electron chi connectivity index (χ3n) is 11.3. The van der Waals surface area contributed by atoms with Crippen LogP contribution < -0.4 is 0 Å². The van der Waals surface area contributed by atoms with Crippen molar-refractivity contribution < 1.29 is 28.5 Å². The first-order valence-corrected chi connectivity index (χ1v) is 23.4. The summed E-state index contributed by atoms with van der Waals surface area (Å²) in [7, 11) is 2.16. The van der Waals surface area contributed by atoms with Gasteiger partial charge in [-0.25, -0.2) is 0 Å². The Hall–Kier alpha value is -2.10. The summed E-state index contributed by atoms with van der Waals surface area (Å²) in [5.41, 5.74) is 8.28. The third kappa shape index (κ3) is 29.2. The predicted octanol–water partition coefficient (Wildman–Crippen LogP) is 13.0. The van der Waals surface area contributed by atoms with Crippen LogP contribution in [0.2, 0.25) is 0 Å². The number of rotatable bonds is 38. The van der Waals surface area contributed by atoms with Crippen LogP contribution in [0.1, 0.15) is 207 Å². The molecule has 4 unspecified atom stereocenters. The Balaban J connectivity index is 2.21. The summed E-state index contributed by atoms with van der Waals surface area (Å²) in [5, 5.41) is 0. The van der Waals surface area contributed by atoms with E-state index in [2.05, 4.69) is 63.4 Å². The van der Waals surface area contributed by atoms with Crippen LogP contribution >= 0.6 is 0 Å². The number of allylic oxidation sites excluding steroid dienone is 1. The van der Waals surface area contributed by atoms with Crippen LogP contribution in [-0.4, -0.2) is 68.7 Å². The molecule has 1 rings (SSSR count). The summed E-state index contributed by atoms with van der Waals surface area (Å²) >= 11 is 0. The topological polar surface area (TPSA) is 74.3 Å². The van der Waals surface area contributed by atoms with Crippen molar-refractivity contribution in [1.82, 2.24) is 4.90 Å². The number of likely N-dealkylation sites (N-methyl/N-ethyl adjacent to an activating group) is 1. The molecule has 0 aliphatic carbocycles. The van der Waals surface area contributed by atoms with Crippen LogP contribution in [0.3, 0.4) is 0 Å². The summed E-state index contributed by atoms with van der Waals surface area (Å²) < 4.78 is 24.2. The molecule has 0 N–H and O–H groups in total. The van der Waals surface area contributed by atoms with Gasteiger partial charge in [-0.2, -0.15) is 0 Å². The van der Waals surface area contributed by atoms with E-state index in [1.807, 2.05) is 6.08 Å². The van der Waals surface area contributed by atoms with Crippen LogP contribution in [-0.2, 0) is 28.5 Å². The molecule has 1 saturated heterocycles. The van der Waals surface area contributed by atoms with Crippen LogP contribution in [0, 0.1) is 11.8 Å². The lowest BCUT2D eigenvalue weighted by Gasteiger charge is -2.29. The molecular weight excluding hydrogens is 699 g/mol. The fourth-order valence-corrected chi connectivity index (χ4v) is 7.63. The lowest BCUT2D eigenvalue weighted by molar-refractivity contribution is -0.180. The number of hydrogen-bond acceptors (Lipinski definition) is 7. The van der Waals surface area contributed by atoms with Gasteiger partial charge in [0.2, 0.25) is 0 Å². The SMILES string of the molecule is C=C=C=C=CC(CCCCC)CC(=O)OCCCCCCCCCCC1(CCCCCCCCCCOC(=O)CC(C)CCCCC)OCC(CN(C)CC)O1. The van der Waals surface area contributed by atoms with Gasteiger partial charge in [-0.15, -0.1) is 0 Å². The van der Waals surface area contributed by atoms with Crippen molar-refractivity contribution in [3.05, 3.63) is 29.8 Å².